The van der Waals surface area contributed by atoms with E-state index < -0.39 is 6.10 Å². The minimum absolute atomic E-state index is 0.0854. The highest BCUT2D eigenvalue weighted by atomic mass is 16.5. The van der Waals surface area contributed by atoms with E-state index in [2.05, 4.69) is 5.32 Å². The van der Waals surface area contributed by atoms with Crippen LogP contribution in [0.5, 0.6) is 5.75 Å². The van der Waals surface area contributed by atoms with Crippen molar-refractivity contribution >= 4 is 16.9 Å². The van der Waals surface area contributed by atoms with Crippen molar-refractivity contribution in [3.8, 4) is 5.75 Å². The third-order valence-electron chi connectivity index (χ3n) is 3.83. The van der Waals surface area contributed by atoms with Gasteiger partial charge >= 0.3 is 0 Å². The van der Waals surface area contributed by atoms with E-state index in [0.29, 0.717) is 16.9 Å². The monoisotopic (exact) mass is 325 g/mol. The average Bonchev–Trinajstić information content (AvgIpc) is 3.02. The number of ether oxygens (including phenoxy) is 1. The van der Waals surface area contributed by atoms with E-state index in [1.807, 2.05) is 25.1 Å². The number of methoxy groups -OCH3 is 1. The Morgan fingerprint density at radius 2 is 2.08 bits per heavy atom. The Bertz CT molecular complexity index is 869. The van der Waals surface area contributed by atoms with Crippen molar-refractivity contribution in [2.75, 3.05) is 13.7 Å². The summed E-state index contributed by atoms with van der Waals surface area (Å²) >= 11 is 0. The fourth-order valence-electron chi connectivity index (χ4n) is 2.52. The molecule has 24 heavy (non-hydrogen) atoms. The van der Waals surface area contributed by atoms with Gasteiger partial charge in [0, 0.05) is 11.9 Å². The molecule has 0 aliphatic carbocycles. The maximum Gasteiger partial charge on any atom is 0.287 e. The van der Waals surface area contributed by atoms with Gasteiger partial charge in [-0.3, -0.25) is 4.79 Å². The molecule has 0 aliphatic rings. The number of carbonyl (C=O) groups is 1. The molecule has 0 saturated heterocycles. The van der Waals surface area contributed by atoms with Crippen molar-refractivity contribution in [1.29, 1.82) is 0 Å². The molecule has 0 aliphatic heterocycles. The second kappa shape index (κ2) is 6.76. The van der Waals surface area contributed by atoms with Crippen molar-refractivity contribution in [3.63, 3.8) is 0 Å². The fourth-order valence-corrected chi connectivity index (χ4v) is 2.52. The summed E-state index contributed by atoms with van der Waals surface area (Å²) in [5.74, 6) is 0.532. The zero-order valence-electron chi connectivity index (χ0n) is 13.6. The van der Waals surface area contributed by atoms with E-state index in [1.54, 1.807) is 37.4 Å². The summed E-state index contributed by atoms with van der Waals surface area (Å²) in [7, 11) is 1.57. The van der Waals surface area contributed by atoms with Crippen LogP contribution in [0.1, 0.15) is 27.8 Å². The van der Waals surface area contributed by atoms with Crippen LogP contribution in [0.15, 0.2) is 52.9 Å². The first-order valence-corrected chi connectivity index (χ1v) is 7.67. The molecule has 2 N–H and O–H groups in total. The molecule has 5 heteroatoms. The second-order valence-corrected chi connectivity index (χ2v) is 5.65. The average molecular weight is 325 g/mol. The van der Waals surface area contributed by atoms with Crippen LogP contribution in [0.2, 0.25) is 0 Å². The van der Waals surface area contributed by atoms with Gasteiger partial charge in [-0.2, -0.15) is 0 Å². The molecule has 0 radical (unpaired) electrons. The van der Waals surface area contributed by atoms with Gasteiger partial charge in [-0.15, -0.1) is 0 Å². The molecule has 1 aromatic heterocycles. The summed E-state index contributed by atoms with van der Waals surface area (Å²) in [6.07, 6.45) is -0.823. The summed E-state index contributed by atoms with van der Waals surface area (Å²) in [5.41, 5.74) is 2.44. The molecule has 0 saturated carbocycles. The molecule has 3 aromatic rings. The predicted molar refractivity (Wildman–Crippen MR) is 91.2 cm³/mol. The van der Waals surface area contributed by atoms with Crippen LogP contribution in [0.25, 0.3) is 11.0 Å². The van der Waals surface area contributed by atoms with Crippen molar-refractivity contribution in [2.45, 2.75) is 13.0 Å². The Morgan fingerprint density at radius 1 is 1.25 bits per heavy atom. The van der Waals surface area contributed by atoms with Crippen LogP contribution in [0.3, 0.4) is 0 Å². The molecule has 0 spiro atoms. The Hall–Kier alpha value is -2.79. The lowest BCUT2D eigenvalue weighted by Crippen LogP contribution is -2.28. The van der Waals surface area contributed by atoms with Crippen LogP contribution in [0, 0.1) is 6.92 Å². The van der Waals surface area contributed by atoms with Gasteiger partial charge in [-0.25, -0.2) is 0 Å². The van der Waals surface area contributed by atoms with Crippen molar-refractivity contribution in [1.82, 2.24) is 5.32 Å². The zero-order valence-corrected chi connectivity index (χ0v) is 13.6. The van der Waals surface area contributed by atoms with E-state index >= 15 is 0 Å². The first kappa shape index (κ1) is 16.1. The molecule has 1 heterocycles. The normalized spacial score (nSPS) is 12.1. The Kier molecular flexibility index (Phi) is 4.53. The van der Waals surface area contributed by atoms with E-state index in [9.17, 15) is 9.90 Å². The highest BCUT2D eigenvalue weighted by Gasteiger charge is 2.15. The number of nitrogens with one attached hydrogen (secondary N) is 1. The molecule has 1 amide bonds. The summed E-state index contributed by atoms with van der Waals surface area (Å²) < 4.78 is 10.7. The molecule has 1 atom stereocenters. The largest absolute Gasteiger partial charge is 0.497 e. The summed E-state index contributed by atoms with van der Waals surface area (Å²) in [5, 5.41) is 13.8. The molecule has 1 unspecified atom stereocenters. The number of benzene rings is 2. The highest BCUT2D eigenvalue weighted by Crippen LogP contribution is 2.21. The molecule has 0 bridgehead atoms. The van der Waals surface area contributed by atoms with Gasteiger partial charge in [0.05, 0.1) is 13.2 Å². The number of rotatable bonds is 5. The van der Waals surface area contributed by atoms with Crippen LogP contribution < -0.4 is 10.1 Å². The number of aliphatic hydroxyl groups is 1. The van der Waals surface area contributed by atoms with Crippen LogP contribution in [-0.4, -0.2) is 24.7 Å². The third kappa shape index (κ3) is 3.41. The number of fused-ring (bicyclic) bond motifs is 1. The van der Waals surface area contributed by atoms with E-state index in [4.69, 9.17) is 9.15 Å². The van der Waals surface area contributed by atoms with E-state index in [-0.39, 0.29) is 18.2 Å². The van der Waals surface area contributed by atoms with Gasteiger partial charge in [0.15, 0.2) is 5.76 Å². The summed E-state index contributed by atoms with van der Waals surface area (Å²) in [6, 6.07) is 14.5. The summed E-state index contributed by atoms with van der Waals surface area (Å²) in [4.78, 5) is 12.2. The van der Waals surface area contributed by atoms with Crippen LogP contribution >= 0.6 is 0 Å². The number of furan rings is 1. The third-order valence-corrected chi connectivity index (χ3v) is 3.83. The molecule has 3 rings (SSSR count). The molecular weight excluding hydrogens is 306 g/mol. The number of hydrogen-bond acceptors (Lipinski definition) is 4. The molecule has 2 aromatic carbocycles. The van der Waals surface area contributed by atoms with Gasteiger partial charge in [0.2, 0.25) is 0 Å². The Morgan fingerprint density at radius 3 is 2.88 bits per heavy atom. The maximum atomic E-state index is 12.2. The molecule has 0 fully saturated rings. The van der Waals surface area contributed by atoms with Gasteiger partial charge in [-0.1, -0.05) is 23.8 Å². The first-order chi connectivity index (χ1) is 11.6. The standard InChI is InChI=1S/C19H19NO4/c1-12-6-7-17-14(8-12)10-18(24-17)19(22)20-11-16(21)13-4-3-5-15(9-13)23-2/h3-10,16,21H,11H2,1-2H3,(H,20,22). The lowest BCUT2D eigenvalue weighted by molar-refractivity contribution is 0.0891. The SMILES string of the molecule is COc1cccc(C(O)CNC(=O)c2cc3cc(C)ccc3o2)c1. The van der Waals surface area contributed by atoms with Crippen molar-refractivity contribution < 1.29 is 19.1 Å². The number of amides is 1. The number of aryl methyl sites for hydroxylation is 1. The maximum absolute atomic E-state index is 12.2. The summed E-state index contributed by atoms with van der Waals surface area (Å²) in [6.45, 7) is 2.07. The predicted octanol–water partition coefficient (Wildman–Crippen LogP) is 3.21. The van der Waals surface area contributed by atoms with Gasteiger partial charge in [0.25, 0.3) is 5.91 Å². The minimum Gasteiger partial charge on any atom is -0.497 e. The highest BCUT2D eigenvalue weighted by molar-refractivity contribution is 5.96. The molecule has 5 nitrogen and oxygen atoms in total. The first-order valence-electron chi connectivity index (χ1n) is 7.67. The fraction of sp³-hybridized carbons (Fsp3) is 0.211. The number of hydrogen-bond donors (Lipinski definition) is 2. The van der Waals surface area contributed by atoms with Gasteiger partial charge in [-0.05, 0) is 42.8 Å². The van der Waals surface area contributed by atoms with Gasteiger partial charge in [0.1, 0.15) is 11.3 Å². The lowest BCUT2D eigenvalue weighted by Gasteiger charge is -2.12. The molecule has 124 valence electrons. The van der Waals surface area contributed by atoms with Crippen molar-refractivity contribution in [2.24, 2.45) is 0 Å². The van der Waals surface area contributed by atoms with Crippen LogP contribution in [0.4, 0.5) is 0 Å². The topological polar surface area (TPSA) is 71.7 Å². The minimum atomic E-state index is -0.823. The Balaban J connectivity index is 1.67. The Labute approximate surface area is 139 Å². The number of carbonyl (C=O) groups excluding carboxylic acids is 1. The second-order valence-electron chi connectivity index (χ2n) is 5.65. The van der Waals surface area contributed by atoms with Gasteiger partial charge < -0.3 is 19.6 Å². The lowest BCUT2D eigenvalue weighted by atomic mass is 10.1. The smallest absolute Gasteiger partial charge is 0.287 e. The number of aliphatic hydroxyl groups excluding tert-OH is 1. The van der Waals surface area contributed by atoms with Crippen molar-refractivity contribution in [3.05, 3.63) is 65.4 Å². The quantitative estimate of drug-likeness (QED) is 0.755. The van der Waals surface area contributed by atoms with E-state index in [1.165, 1.54) is 0 Å². The molecular formula is C19H19NO4. The van der Waals surface area contributed by atoms with E-state index in [0.717, 1.165) is 10.9 Å². The zero-order chi connectivity index (χ0) is 17.1. The van der Waals surface area contributed by atoms with Crippen LogP contribution in [-0.2, 0) is 0 Å².